The molecular formula is C24H24FNO4. The number of fused-ring (bicyclic) bond motifs is 3. The van der Waals surface area contributed by atoms with Gasteiger partial charge < -0.3 is 19.1 Å². The molecule has 2 unspecified atom stereocenters. The summed E-state index contributed by atoms with van der Waals surface area (Å²) in [6.07, 6.45) is 2.93. The molecule has 2 atom stereocenters. The first kappa shape index (κ1) is 19.3. The van der Waals surface area contributed by atoms with Crippen molar-refractivity contribution in [1.82, 2.24) is 4.57 Å². The quantitative estimate of drug-likeness (QED) is 0.712. The Kier molecular flexibility index (Phi) is 4.64. The Labute approximate surface area is 173 Å². The van der Waals surface area contributed by atoms with E-state index in [9.17, 15) is 14.3 Å². The monoisotopic (exact) mass is 409 g/mol. The smallest absolute Gasteiger partial charge is 0.250 e. The van der Waals surface area contributed by atoms with Gasteiger partial charge in [-0.25, -0.2) is 4.39 Å². The lowest BCUT2D eigenvalue weighted by molar-refractivity contribution is -0.115. The SMILES string of the molecule is Cn1c(=O)ccc2cc(COc3cc(F)cc(C4(O)CC5CCC(C4)O5)c3)ccc21. The van der Waals surface area contributed by atoms with Crippen LogP contribution in [0.5, 0.6) is 5.75 Å². The number of hydrogen-bond donors (Lipinski definition) is 1. The molecule has 2 saturated heterocycles. The van der Waals surface area contributed by atoms with Crippen LogP contribution in [0.1, 0.15) is 36.8 Å². The third-order valence-electron chi connectivity index (χ3n) is 6.33. The van der Waals surface area contributed by atoms with Crippen molar-refractivity contribution in [2.75, 3.05) is 0 Å². The lowest BCUT2D eigenvalue weighted by Gasteiger charge is -2.37. The van der Waals surface area contributed by atoms with Gasteiger partial charge in [-0.15, -0.1) is 0 Å². The van der Waals surface area contributed by atoms with Crippen LogP contribution in [0, 0.1) is 5.82 Å². The first-order valence-corrected chi connectivity index (χ1v) is 10.3. The summed E-state index contributed by atoms with van der Waals surface area (Å²) in [6.45, 7) is 0.258. The number of aliphatic hydroxyl groups is 1. The van der Waals surface area contributed by atoms with Gasteiger partial charge in [-0.05, 0) is 59.7 Å². The van der Waals surface area contributed by atoms with E-state index in [0.29, 0.717) is 24.2 Å². The molecule has 2 aliphatic heterocycles. The third-order valence-corrected chi connectivity index (χ3v) is 6.33. The average molecular weight is 409 g/mol. The third kappa shape index (κ3) is 3.50. The van der Waals surface area contributed by atoms with E-state index in [1.54, 1.807) is 23.7 Å². The highest BCUT2D eigenvalue weighted by atomic mass is 19.1. The molecule has 2 fully saturated rings. The Bertz CT molecular complexity index is 1160. The highest BCUT2D eigenvalue weighted by molar-refractivity contribution is 5.79. The minimum absolute atomic E-state index is 0.0370. The van der Waals surface area contributed by atoms with Gasteiger partial charge in [0.05, 0.1) is 23.3 Å². The Morgan fingerprint density at radius 1 is 1.13 bits per heavy atom. The van der Waals surface area contributed by atoms with Crippen LogP contribution >= 0.6 is 0 Å². The van der Waals surface area contributed by atoms with E-state index in [2.05, 4.69) is 0 Å². The average Bonchev–Trinajstić information content (AvgIpc) is 3.07. The molecule has 1 aromatic heterocycles. The van der Waals surface area contributed by atoms with Crippen LogP contribution in [0.2, 0.25) is 0 Å². The van der Waals surface area contributed by atoms with Crippen molar-refractivity contribution in [2.24, 2.45) is 7.05 Å². The van der Waals surface area contributed by atoms with E-state index in [1.807, 2.05) is 18.2 Å². The van der Waals surface area contributed by atoms with E-state index in [-0.39, 0.29) is 24.4 Å². The maximum absolute atomic E-state index is 14.3. The standard InChI is InChI=1S/C24H24FNO4/c1-26-22-6-2-15(8-16(22)3-7-23(26)27)14-29-21-10-17(9-18(25)11-21)24(28)12-19-4-5-20(13-24)30-19/h2-3,6-11,19-20,28H,4-5,12-14H2,1H3. The summed E-state index contributed by atoms with van der Waals surface area (Å²) >= 11 is 0. The van der Waals surface area contributed by atoms with Gasteiger partial charge >= 0.3 is 0 Å². The minimum Gasteiger partial charge on any atom is -0.489 e. The molecule has 0 radical (unpaired) electrons. The summed E-state index contributed by atoms with van der Waals surface area (Å²) in [5.41, 5.74) is 1.16. The van der Waals surface area contributed by atoms with Crippen LogP contribution in [-0.2, 0) is 24.0 Å². The van der Waals surface area contributed by atoms with Crippen LogP contribution in [0.25, 0.3) is 10.9 Å². The van der Waals surface area contributed by atoms with Crippen molar-refractivity contribution >= 4 is 10.9 Å². The topological polar surface area (TPSA) is 60.7 Å². The number of pyridine rings is 1. The van der Waals surface area contributed by atoms with Crippen molar-refractivity contribution in [3.8, 4) is 5.75 Å². The summed E-state index contributed by atoms with van der Waals surface area (Å²) in [5.74, 6) is -0.0407. The van der Waals surface area contributed by atoms with Crippen LogP contribution in [-0.4, -0.2) is 21.9 Å². The molecule has 3 heterocycles. The maximum Gasteiger partial charge on any atom is 0.250 e. The number of aromatic nitrogens is 1. The van der Waals surface area contributed by atoms with Gasteiger partial charge in [-0.2, -0.15) is 0 Å². The molecule has 156 valence electrons. The number of rotatable bonds is 4. The zero-order chi connectivity index (χ0) is 20.9. The second-order valence-electron chi connectivity index (χ2n) is 8.49. The Morgan fingerprint density at radius 3 is 2.67 bits per heavy atom. The first-order valence-electron chi connectivity index (χ1n) is 10.3. The van der Waals surface area contributed by atoms with Crippen molar-refractivity contribution in [3.05, 3.63) is 75.8 Å². The summed E-state index contributed by atoms with van der Waals surface area (Å²) in [7, 11) is 1.74. The lowest BCUT2D eigenvalue weighted by atomic mass is 9.83. The number of halogens is 1. The van der Waals surface area contributed by atoms with Gasteiger partial charge in [0.25, 0.3) is 5.56 Å². The number of benzene rings is 2. The Morgan fingerprint density at radius 2 is 1.90 bits per heavy atom. The normalized spacial score (nSPS) is 25.6. The molecule has 0 aliphatic carbocycles. The van der Waals surface area contributed by atoms with Gasteiger partial charge in [0.1, 0.15) is 18.2 Å². The largest absolute Gasteiger partial charge is 0.489 e. The molecule has 1 N–H and O–H groups in total. The first-order chi connectivity index (χ1) is 14.4. The van der Waals surface area contributed by atoms with Crippen LogP contribution in [0.15, 0.2) is 53.3 Å². The zero-order valence-electron chi connectivity index (χ0n) is 16.8. The molecule has 2 aromatic carbocycles. The van der Waals surface area contributed by atoms with Crippen molar-refractivity contribution < 1.29 is 19.0 Å². The van der Waals surface area contributed by atoms with Gasteiger partial charge in [0.2, 0.25) is 0 Å². The Hall–Kier alpha value is -2.70. The molecule has 5 nitrogen and oxygen atoms in total. The number of hydrogen-bond acceptors (Lipinski definition) is 4. The molecule has 0 spiro atoms. The molecule has 0 saturated carbocycles. The zero-order valence-corrected chi connectivity index (χ0v) is 16.8. The molecule has 6 heteroatoms. The molecule has 0 amide bonds. The van der Waals surface area contributed by atoms with Gasteiger partial charge in [-0.3, -0.25) is 4.79 Å². The van der Waals surface area contributed by atoms with Gasteiger partial charge in [-0.1, -0.05) is 6.07 Å². The second-order valence-corrected chi connectivity index (χ2v) is 8.49. The molecule has 3 aromatic rings. The van der Waals surface area contributed by atoms with E-state index in [0.717, 1.165) is 29.3 Å². The van der Waals surface area contributed by atoms with Crippen molar-refractivity contribution in [1.29, 1.82) is 0 Å². The fraction of sp³-hybridized carbons (Fsp3) is 0.375. The van der Waals surface area contributed by atoms with Crippen LogP contribution in [0.4, 0.5) is 4.39 Å². The predicted molar refractivity (Wildman–Crippen MR) is 111 cm³/mol. The maximum atomic E-state index is 14.3. The van der Waals surface area contributed by atoms with Crippen molar-refractivity contribution in [3.63, 3.8) is 0 Å². The summed E-state index contributed by atoms with van der Waals surface area (Å²) in [5, 5.41) is 12.1. The minimum atomic E-state index is -1.09. The van der Waals surface area contributed by atoms with Crippen molar-refractivity contribution in [2.45, 2.75) is 50.1 Å². The number of nitrogens with zero attached hydrogens (tertiary/aromatic N) is 1. The van der Waals surface area contributed by atoms with Gasteiger partial charge in [0, 0.05) is 32.0 Å². The Balaban J connectivity index is 1.37. The van der Waals surface area contributed by atoms with Gasteiger partial charge in [0.15, 0.2) is 0 Å². The molecule has 30 heavy (non-hydrogen) atoms. The fourth-order valence-corrected chi connectivity index (χ4v) is 4.76. The predicted octanol–water partition coefficient (Wildman–Crippen LogP) is 3.79. The summed E-state index contributed by atoms with van der Waals surface area (Å²) in [4.78, 5) is 11.8. The molecule has 5 rings (SSSR count). The van der Waals surface area contributed by atoms with E-state index in [1.165, 1.54) is 18.2 Å². The molecular weight excluding hydrogens is 385 g/mol. The number of ether oxygens (including phenoxy) is 2. The number of aryl methyl sites for hydroxylation is 1. The highest BCUT2D eigenvalue weighted by Gasteiger charge is 2.45. The lowest BCUT2D eigenvalue weighted by Crippen LogP contribution is -2.38. The highest BCUT2D eigenvalue weighted by Crippen LogP contribution is 2.44. The summed E-state index contributed by atoms with van der Waals surface area (Å²) < 4.78 is 27.6. The second kappa shape index (κ2) is 7.22. The van der Waals surface area contributed by atoms with E-state index >= 15 is 0 Å². The fourth-order valence-electron chi connectivity index (χ4n) is 4.76. The van der Waals surface area contributed by atoms with Crippen LogP contribution in [0.3, 0.4) is 0 Å². The van der Waals surface area contributed by atoms with E-state index in [4.69, 9.17) is 9.47 Å². The summed E-state index contributed by atoms with van der Waals surface area (Å²) in [6, 6.07) is 13.5. The van der Waals surface area contributed by atoms with E-state index < -0.39 is 11.4 Å². The van der Waals surface area contributed by atoms with Crippen LogP contribution < -0.4 is 10.3 Å². The molecule has 2 bridgehead atoms. The molecule has 2 aliphatic rings.